The number of hydrogen-bond donors (Lipinski definition) is 2. The van der Waals surface area contributed by atoms with E-state index >= 15 is 0 Å². The minimum absolute atomic E-state index is 0.159. The Morgan fingerprint density at radius 2 is 2.05 bits per heavy atom. The van der Waals surface area contributed by atoms with E-state index in [1.54, 1.807) is 6.07 Å². The fourth-order valence-corrected chi connectivity index (χ4v) is 4.08. The molecule has 0 amide bonds. The van der Waals surface area contributed by atoms with Crippen molar-refractivity contribution >= 4 is 0 Å². The molecule has 1 aliphatic carbocycles. The van der Waals surface area contributed by atoms with Crippen LogP contribution in [0.1, 0.15) is 57.1 Å². The van der Waals surface area contributed by atoms with Crippen molar-refractivity contribution in [2.45, 2.75) is 64.1 Å². The van der Waals surface area contributed by atoms with E-state index in [0.29, 0.717) is 5.75 Å². The van der Waals surface area contributed by atoms with Gasteiger partial charge in [-0.1, -0.05) is 0 Å². The van der Waals surface area contributed by atoms with Crippen molar-refractivity contribution in [1.29, 1.82) is 0 Å². The lowest BCUT2D eigenvalue weighted by atomic mass is 9.63. The van der Waals surface area contributed by atoms with Crippen LogP contribution in [-0.2, 0) is 0 Å². The van der Waals surface area contributed by atoms with E-state index in [4.69, 9.17) is 4.74 Å². The number of phenols is 1. The first-order chi connectivity index (χ1) is 9.20. The number of aryl methyl sites for hydroxylation is 1. The zero-order valence-electron chi connectivity index (χ0n) is 12.7. The second-order valence-electron chi connectivity index (χ2n) is 7.36. The Balaban J connectivity index is 2.14. The van der Waals surface area contributed by atoms with Crippen LogP contribution in [0, 0.1) is 12.8 Å². The monoisotopic (exact) mass is 276 g/mol. The molecule has 0 saturated heterocycles. The van der Waals surface area contributed by atoms with E-state index in [-0.39, 0.29) is 17.4 Å². The highest BCUT2D eigenvalue weighted by atomic mass is 16.5. The molecule has 3 nitrogen and oxygen atoms in total. The normalized spacial score (nSPS) is 32.5. The quantitative estimate of drug-likeness (QED) is 0.825. The van der Waals surface area contributed by atoms with Crippen LogP contribution in [0.25, 0.3) is 0 Å². The Hall–Kier alpha value is -1.22. The van der Waals surface area contributed by atoms with Crippen LogP contribution in [0.3, 0.4) is 0 Å². The van der Waals surface area contributed by atoms with Crippen LogP contribution >= 0.6 is 0 Å². The first kappa shape index (κ1) is 13.7. The van der Waals surface area contributed by atoms with Gasteiger partial charge < -0.3 is 14.9 Å². The maximum atomic E-state index is 10.5. The second kappa shape index (κ2) is 4.14. The van der Waals surface area contributed by atoms with E-state index in [0.717, 1.165) is 36.1 Å². The lowest BCUT2D eigenvalue weighted by Gasteiger charge is -2.50. The molecule has 1 fully saturated rings. The van der Waals surface area contributed by atoms with Crippen LogP contribution < -0.4 is 4.74 Å². The number of hydrogen-bond acceptors (Lipinski definition) is 3. The van der Waals surface area contributed by atoms with Crippen molar-refractivity contribution in [3.63, 3.8) is 0 Å². The molecule has 0 spiro atoms. The SMILES string of the molecule is Cc1cc(O)c2c(c1)OC1(C)CCC(C(C)(C)O)C2C1. The van der Waals surface area contributed by atoms with Crippen LogP contribution in [0.15, 0.2) is 12.1 Å². The lowest BCUT2D eigenvalue weighted by Crippen LogP contribution is -2.49. The summed E-state index contributed by atoms with van der Waals surface area (Å²) in [5.41, 5.74) is 0.988. The Kier molecular flexibility index (Phi) is 2.85. The number of aliphatic hydroxyl groups is 1. The summed E-state index contributed by atoms with van der Waals surface area (Å²) in [5.74, 6) is 1.43. The van der Waals surface area contributed by atoms with Crippen molar-refractivity contribution in [2.24, 2.45) is 5.92 Å². The molecule has 20 heavy (non-hydrogen) atoms. The Labute approximate surface area is 120 Å². The molecular weight excluding hydrogens is 252 g/mol. The average molecular weight is 276 g/mol. The number of fused-ring (bicyclic) bond motifs is 4. The third kappa shape index (κ3) is 2.08. The summed E-state index contributed by atoms with van der Waals surface area (Å²) < 4.78 is 6.17. The van der Waals surface area contributed by atoms with E-state index in [9.17, 15) is 10.2 Å². The Morgan fingerprint density at radius 3 is 2.70 bits per heavy atom. The molecule has 2 aliphatic rings. The van der Waals surface area contributed by atoms with Gasteiger partial charge in [-0.05, 0) is 70.6 Å². The molecule has 3 unspecified atom stereocenters. The molecule has 1 heterocycles. The number of benzene rings is 1. The maximum absolute atomic E-state index is 10.5. The van der Waals surface area contributed by atoms with Crippen LogP contribution in [0.4, 0.5) is 0 Å². The minimum Gasteiger partial charge on any atom is -0.508 e. The zero-order chi connectivity index (χ0) is 14.7. The van der Waals surface area contributed by atoms with E-state index in [2.05, 4.69) is 6.92 Å². The van der Waals surface area contributed by atoms with Gasteiger partial charge in [-0.15, -0.1) is 0 Å². The molecule has 1 aliphatic heterocycles. The van der Waals surface area contributed by atoms with Crippen molar-refractivity contribution < 1.29 is 14.9 Å². The van der Waals surface area contributed by atoms with Crippen LogP contribution in [0.5, 0.6) is 11.5 Å². The fraction of sp³-hybridized carbons (Fsp3) is 0.647. The molecule has 3 atom stereocenters. The van der Waals surface area contributed by atoms with Gasteiger partial charge >= 0.3 is 0 Å². The van der Waals surface area contributed by atoms with Gasteiger partial charge in [0, 0.05) is 11.5 Å². The van der Waals surface area contributed by atoms with Gasteiger partial charge in [0.1, 0.15) is 17.1 Å². The number of phenolic OH excluding ortho intramolecular Hbond substituents is 1. The van der Waals surface area contributed by atoms with Gasteiger partial charge in [-0.3, -0.25) is 0 Å². The average Bonchev–Trinajstić information content (AvgIpc) is 2.24. The molecule has 1 aromatic carbocycles. The van der Waals surface area contributed by atoms with Gasteiger partial charge in [0.25, 0.3) is 0 Å². The van der Waals surface area contributed by atoms with E-state index in [1.807, 2.05) is 26.8 Å². The van der Waals surface area contributed by atoms with Crippen molar-refractivity contribution in [2.75, 3.05) is 0 Å². The smallest absolute Gasteiger partial charge is 0.127 e. The molecule has 2 bridgehead atoms. The standard InChI is InChI=1S/C17H24O3/c1-10-7-13(18)15-11-9-17(4,20-14(15)8-10)6-5-12(11)16(2,3)19/h7-8,11-12,18-19H,5-6,9H2,1-4H3. The molecule has 1 saturated carbocycles. The predicted molar refractivity (Wildman–Crippen MR) is 78.3 cm³/mol. The summed E-state index contributed by atoms with van der Waals surface area (Å²) in [6, 6.07) is 3.80. The van der Waals surface area contributed by atoms with Gasteiger partial charge in [-0.25, -0.2) is 0 Å². The van der Waals surface area contributed by atoms with Crippen molar-refractivity contribution in [1.82, 2.24) is 0 Å². The minimum atomic E-state index is -0.738. The summed E-state index contributed by atoms with van der Waals surface area (Å²) in [6.07, 6.45) is 2.75. The van der Waals surface area contributed by atoms with Crippen molar-refractivity contribution in [3.05, 3.63) is 23.3 Å². The third-order valence-corrected chi connectivity index (χ3v) is 5.02. The van der Waals surface area contributed by atoms with Gasteiger partial charge in [0.15, 0.2) is 0 Å². The first-order valence-corrected chi connectivity index (χ1v) is 7.44. The highest BCUT2D eigenvalue weighted by Gasteiger charge is 2.49. The zero-order valence-corrected chi connectivity index (χ0v) is 12.7. The predicted octanol–water partition coefficient (Wildman–Crippen LogP) is 3.51. The molecule has 110 valence electrons. The molecule has 2 N–H and O–H groups in total. The molecule has 0 radical (unpaired) electrons. The molecule has 3 rings (SSSR count). The first-order valence-electron chi connectivity index (χ1n) is 7.44. The molecule has 3 heteroatoms. The molecule has 1 aromatic rings. The van der Waals surface area contributed by atoms with Gasteiger partial charge in [0.2, 0.25) is 0 Å². The topological polar surface area (TPSA) is 49.7 Å². The lowest BCUT2D eigenvalue weighted by molar-refractivity contribution is -0.0663. The summed E-state index contributed by atoms with van der Waals surface area (Å²) in [5, 5.41) is 20.8. The summed E-state index contributed by atoms with van der Waals surface area (Å²) >= 11 is 0. The fourth-order valence-electron chi connectivity index (χ4n) is 4.08. The van der Waals surface area contributed by atoms with Crippen LogP contribution in [0.2, 0.25) is 0 Å². The van der Waals surface area contributed by atoms with E-state index < -0.39 is 5.60 Å². The summed E-state index contributed by atoms with van der Waals surface area (Å²) in [6.45, 7) is 7.86. The van der Waals surface area contributed by atoms with Crippen LogP contribution in [-0.4, -0.2) is 21.4 Å². The second-order valence-corrected chi connectivity index (χ2v) is 7.36. The highest BCUT2D eigenvalue weighted by Crippen LogP contribution is 2.56. The van der Waals surface area contributed by atoms with Gasteiger partial charge in [0.05, 0.1) is 5.60 Å². The number of rotatable bonds is 1. The number of ether oxygens (including phenoxy) is 1. The summed E-state index contributed by atoms with van der Waals surface area (Å²) in [7, 11) is 0. The van der Waals surface area contributed by atoms with Gasteiger partial charge in [-0.2, -0.15) is 0 Å². The number of aromatic hydroxyl groups is 1. The Bertz CT molecular complexity index is 544. The highest BCUT2D eigenvalue weighted by molar-refractivity contribution is 5.51. The van der Waals surface area contributed by atoms with Crippen molar-refractivity contribution in [3.8, 4) is 11.5 Å². The largest absolute Gasteiger partial charge is 0.508 e. The molecular formula is C17H24O3. The maximum Gasteiger partial charge on any atom is 0.127 e. The Morgan fingerprint density at radius 1 is 1.35 bits per heavy atom. The summed E-state index contributed by atoms with van der Waals surface area (Å²) in [4.78, 5) is 0. The third-order valence-electron chi connectivity index (χ3n) is 5.02. The van der Waals surface area contributed by atoms with E-state index in [1.165, 1.54) is 0 Å². The molecule has 0 aromatic heterocycles.